The van der Waals surface area contributed by atoms with Gasteiger partial charge in [-0.3, -0.25) is 14.5 Å². The first-order chi connectivity index (χ1) is 14.9. The van der Waals surface area contributed by atoms with Crippen molar-refractivity contribution in [3.05, 3.63) is 64.4 Å². The van der Waals surface area contributed by atoms with E-state index in [0.29, 0.717) is 17.8 Å². The van der Waals surface area contributed by atoms with Crippen molar-refractivity contribution in [2.75, 3.05) is 11.4 Å². The zero-order valence-corrected chi connectivity index (χ0v) is 17.5. The van der Waals surface area contributed by atoms with Crippen molar-refractivity contribution >= 4 is 35.1 Å². The number of amides is 4. The molecular weight excluding hydrogens is 421 g/mol. The minimum absolute atomic E-state index is 0.144. The van der Waals surface area contributed by atoms with Gasteiger partial charge in [-0.25, -0.2) is 9.18 Å². The molecule has 1 saturated heterocycles. The number of benzene rings is 2. The lowest BCUT2D eigenvalue weighted by atomic mass is 9.91. The first kappa shape index (κ1) is 20.0. The van der Waals surface area contributed by atoms with Gasteiger partial charge in [0.25, 0.3) is 11.8 Å². The fourth-order valence-corrected chi connectivity index (χ4v) is 5.19. The second-order valence-electron chi connectivity index (χ2n) is 8.36. The van der Waals surface area contributed by atoms with E-state index >= 15 is 0 Å². The predicted molar refractivity (Wildman–Crippen MR) is 113 cm³/mol. The van der Waals surface area contributed by atoms with E-state index in [2.05, 4.69) is 5.32 Å². The molecule has 1 aliphatic carbocycles. The SMILES string of the molecule is O=C1NC2(C(=O)N1CC1CCCC1)C(=O)N(Cc1c(F)cccc1Cl)c1ccccc12. The Morgan fingerprint density at radius 1 is 1.00 bits per heavy atom. The fourth-order valence-electron chi connectivity index (χ4n) is 4.97. The van der Waals surface area contributed by atoms with Gasteiger partial charge in [0, 0.05) is 22.7 Å². The second kappa shape index (κ2) is 7.34. The van der Waals surface area contributed by atoms with E-state index in [1.165, 1.54) is 21.9 Å². The quantitative estimate of drug-likeness (QED) is 0.576. The van der Waals surface area contributed by atoms with E-state index in [1.54, 1.807) is 30.3 Å². The number of nitrogens with one attached hydrogen (secondary N) is 1. The fraction of sp³-hybridized carbons (Fsp3) is 0.348. The maximum atomic E-state index is 14.4. The minimum Gasteiger partial charge on any atom is -0.311 e. The van der Waals surface area contributed by atoms with Crippen LogP contribution in [0.5, 0.6) is 0 Å². The number of fused-ring (bicyclic) bond motifs is 2. The van der Waals surface area contributed by atoms with Crippen molar-refractivity contribution in [3.8, 4) is 0 Å². The van der Waals surface area contributed by atoms with Crippen molar-refractivity contribution in [1.82, 2.24) is 10.2 Å². The van der Waals surface area contributed by atoms with Crippen LogP contribution in [-0.2, 0) is 21.7 Å². The number of nitrogens with zero attached hydrogens (tertiary/aromatic N) is 2. The summed E-state index contributed by atoms with van der Waals surface area (Å²) in [4.78, 5) is 42.5. The molecule has 2 fully saturated rings. The number of hydrogen-bond donors (Lipinski definition) is 1. The molecule has 4 amide bonds. The molecule has 1 unspecified atom stereocenters. The average molecular weight is 442 g/mol. The zero-order chi connectivity index (χ0) is 21.8. The molecule has 1 atom stereocenters. The molecule has 1 N–H and O–H groups in total. The van der Waals surface area contributed by atoms with E-state index < -0.39 is 29.2 Å². The number of rotatable bonds is 4. The third-order valence-corrected chi connectivity index (χ3v) is 6.92. The topological polar surface area (TPSA) is 69.7 Å². The van der Waals surface area contributed by atoms with Crippen LogP contribution in [0.15, 0.2) is 42.5 Å². The minimum atomic E-state index is -1.82. The maximum Gasteiger partial charge on any atom is 0.325 e. The van der Waals surface area contributed by atoms with Crippen molar-refractivity contribution in [3.63, 3.8) is 0 Å². The molecule has 0 aromatic heterocycles. The maximum absolute atomic E-state index is 14.4. The molecule has 6 nitrogen and oxygen atoms in total. The molecule has 2 aromatic carbocycles. The van der Waals surface area contributed by atoms with Crippen molar-refractivity contribution in [1.29, 1.82) is 0 Å². The number of urea groups is 1. The Balaban J connectivity index is 1.54. The van der Waals surface area contributed by atoms with Crippen molar-refractivity contribution < 1.29 is 18.8 Å². The summed E-state index contributed by atoms with van der Waals surface area (Å²) in [5.74, 6) is -1.45. The summed E-state index contributed by atoms with van der Waals surface area (Å²) in [5.41, 5.74) is -0.795. The molecule has 0 bridgehead atoms. The second-order valence-corrected chi connectivity index (χ2v) is 8.76. The molecule has 160 valence electrons. The zero-order valence-electron chi connectivity index (χ0n) is 16.7. The van der Waals surface area contributed by atoms with Gasteiger partial charge in [0.1, 0.15) is 5.82 Å². The summed E-state index contributed by atoms with van der Waals surface area (Å²) in [5, 5.41) is 2.86. The molecule has 0 radical (unpaired) electrons. The molecule has 2 heterocycles. The molecule has 31 heavy (non-hydrogen) atoms. The largest absolute Gasteiger partial charge is 0.325 e. The van der Waals surface area contributed by atoms with Gasteiger partial charge >= 0.3 is 6.03 Å². The first-order valence-electron chi connectivity index (χ1n) is 10.4. The van der Waals surface area contributed by atoms with E-state index in [-0.39, 0.29) is 23.0 Å². The Kier molecular flexibility index (Phi) is 4.73. The van der Waals surface area contributed by atoms with Crippen molar-refractivity contribution in [2.24, 2.45) is 5.92 Å². The summed E-state index contributed by atoms with van der Waals surface area (Å²) >= 11 is 6.18. The highest BCUT2D eigenvalue weighted by Crippen LogP contribution is 2.45. The van der Waals surface area contributed by atoms with Crippen LogP contribution in [0, 0.1) is 11.7 Å². The summed E-state index contributed by atoms with van der Waals surface area (Å²) < 4.78 is 14.4. The van der Waals surface area contributed by atoms with E-state index in [0.717, 1.165) is 25.7 Å². The Bertz CT molecular complexity index is 1080. The number of carbonyl (C=O) groups excluding carboxylic acids is 3. The predicted octanol–water partition coefficient (Wildman–Crippen LogP) is 3.96. The van der Waals surface area contributed by atoms with Crippen LogP contribution < -0.4 is 10.2 Å². The molecule has 1 spiro atoms. The molecular formula is C23H21ClFN3O3. The van der Waals surface area contributed by atoms with Gasteiger partial charge in [0.15, 0.2) is 0 Å². The molecule has 5 rings (SSSR count). The van der Waals surface area contributed by atoms with Crippen molar-refractivity contribution in [2.45, 2.75) is 37.8 Å². The van der Waals surface area contributed by atoms with E-state index in [4.69, 9.17) is 11.6 Å². The Morgan fingerprint density at radius 3 is 2.45 bits per heavy atom. The lowest BCUT2D eigenvalue weighted by Gasteiger charge is -2.23. The number of hydrogen-bond acceptors (Lipinski definition) is 3. The first-order valence-corrected chi connectivity index (χ1v) is 10.8. The van der Waals surface area contributed by atoms with Gasteiger partial charge in [-0.05, 0) is 37.0 Å². The summed E-state index contributed by atoms with van der Waals surface area (Å²) in [6.07, 6.45) is 4.09. The van der Waals surface area contributed by atoms with Gasteiger partial charge in [-0.2, -0.15) is 0 Å². The highest BCUT2D eigenvalue weighted by molar-refractivity contribution is 6.31. The molecule has 3 aliphatic rings. The molecule has 8 heteroatoms. The van der Waals surface area contributed by atoms with Gasteiger partial charge in [-0.1, -0.05) is 48.7 Å². The van der Waals surface area contributed by atoms with Crippen LogP contribution >= 0.6 is 11.6 Å². The van der Waals surface area contributed by atoms with E-state index in [1.807, 2.05) is 0 Å². The Labute approximate surface area is 184 Å². The summed E-state index contributed by atoms with van der Waals surface area (Å²) in [6, 6.07) is 10.5. The van der Waals surface area contributed by atoms with Gasteiger partial charge < -0.3 is 10.2 Å². The molecule has 2 aliphatic heterocycles. The third kappa shape index (κ3) is 2.94. The Hall–Kier alpha value is -2.93. The summed E-state index contributed by atoms with van der Waals surface area (Å²) in [7, 11) is 0. The number of carbonyl (C=O) groups is 3. The van der Waals surface area contributed by atoms with Crippen LogP contribution in [0.2, 0.25) is 5.02 Å². The van der Waals surface area contributed by atoms with Gasteiger partial charge in [0.05, 0.1) is 12.2 Å². The normalized spacial score (nSPS) is 23.2. The number of anilines is 1. The highest BCUT2D eigenvalue weighted by Gasteiger charge is 2.64. The van der Waals surface area contributed by atoms with Crippen LogP contribution in [0.1, 0.15) is 36.8 Å². The number of para-hydroxylation sites is 1. The van der Waals surface area contributed by atoms with Crippen LogP contribution in [0.3, 0.4) is 0 Å². The average Bonchev–Trinajstić information content (AvgIpc) is 3.41. The standard InChI is InChI=1S/C23H21ClFN3O3/c24-17-9-5-10-18(25)15(17)13-27-19-11-4-3-8-16(19)23(20(27)29)21(30)28(22(31)26-23)12-14-6-1-2-7-14/h3-5,8-11,14H,1-2,6-7,12-13H2,(H,26,31). The van der Waals surface area contributed by atoms with Crippen LogP contribution in [-0.4, -0.2) is 29.3 Å². The smallest absolute Gasteiger partial charge is 0.311 e. The lowest BCUT2D eigenvalue weighted by Crippen LogP contribution is -2.52. The third-order valence-electron chi connectivity index (χ3n) is 6.56. The highest BCUT2D eigenvalue weighted by atomic mass is 35.5. The molecule has 2 aromatic rings. The number of imide groups is 1. The van der Waals surface area contributed by atoms with Gasteiger partial charge in [-0.15, -0.1) is 0 Å². The summed E-state index contributed by atoms with van der Waals surface area (Å²) in [6.45, 7) is 0.163. The lowest BCUT2D eigenvalue weighted by molar-refractivity contribution is -0.138. The van der Waals surface area contributed by atoms with Gasteiger partial charge in [0.2, 0.25) is 5.54 Å². The van der Waals surface area contributed by atoms with Crippen LogP contribution in [0.4, 0.5) is 14.9 Å². The van der Waals surface area contributed by atoms with Crippen LogP contribution in [0.25, 0.3) is 0 Å². The monoisotopic (exact) mass is 441 g/mol. The Morgan fingerprint density at radius 2 is 1.71 bits per heavy atom. The number of halogens is 2. The van der Waals surface area contributed by atoms with E-state index in [9.17, 15) is 18.8 Å². The molecule has 1 saturated carbocycles.